The predicted octanol–water partition coefficient (Wildman–Crippen LogP) is 1.14. The van der Waals surface area contributed by atoms with Gasteiger partial charge in [0.05, 0.1) is 0 Å². The van der Waals surface area contributed by atoms with Gasteiger partial charge in [-0.25, -0.2) is 0 Å². The highest BCUT2D eigenvalue weighted by Gasteiger charge is 2.00. The van der Waals surface area contributed by atoms with Gasteiger partial charge in [0.25, 0.3) is 0 Å². The van der Waals surface area contributed by atoms with Gasteiger partial charge in [0.1, 0.15) is 5.75 Å². The van der Waals surface area contributed by atoms with Crippen LogP contribution in [0.25, 0.3) is 10.8 Å². The molecule has 0 amide bonds. The molecule has 0 atom stereocenters. The summed E-state index contributed by atoms with van der Waals surface area (Å²) in [6, 6.07) is 7.42. The minimum absolute atomic E-state index is 0.627. The van der Waals surface area contributed by atoms with Crippen LogP contribution in [0.3, 0.4) is 0 Å². The second kappa shape index (κ2) is 3.45. The molecule has 4 heteroatoms. The smallest absolute Gasteiger partial charge is 0.537 e. The van der Waals surface area contributed by atoms with E-state index in [0.717, 1.165) is 10.8 Å². The largest absolute Gasteiger partial charge is 0.569 e. The summed E-state index contributed by atoms with van der Waals surface area (Å²) in [5.74, 6) is 0.627. The third-order valence-electron chi connectivity index (χ3n) is 1.82. The van der Waals surface area contributed by atoms with E-state index in [1.54, 1.807) is 18.5 Å². The quantitative estimate of drug-likeness (QED) is 0.690. The van der Waals surface area contributed by atoms with Gasteiger partial charge >= 0.3 is 7.69 Å². The van der Waals surface area contributed by atoms with E-state index < -0.39 is 0 Å². The number of pyridine rings is 1. The Labute approximate surface area is 76.3 Å². The third-order valence-corrected chi connectivity index (χ3v) is 1.82. The highest BCUT2D eigenvalue weighted by molar-refractivity contribution is 6.18. The van der Waals surface area contributed by atoms with Crippen molar-refractivity contribution >= 4 is 18.5 Å². The van der Waals surface area contributed by atoms with Crippen LogP contribution in [0, 0.1) is 0 Å². The summed E-state index contributed by atoms with van der Waals surface area (Å²) in [5, 5.41) is 10.4. The Morgan fingerprint density at radius 1 is 1.31 bits per heavy atom. The molecule has 2 rings (SSSR count). The predicted molar refractivity (Wildman–Crippen MR) is 50.3 cm³/mol. The maximum Gasteiger partial charge on any atom is 0.569 e. The summed E-state index contributed by atoms with van der Waals surface area (Å²) >= 11 is 0. The Hall–Kier alpha value is -1.55. The van der Waals surface area contributed by atoms with Crippen LogP contribution in [-0.2, 0) is 0 Å². The SMILES string of the molecule is O[B]Oc1cccc2cnccc12. The fraction of sp³-hybridized carbons (Fsp3) is 0. The molecule has 0 unspecified atom stereocenters. The van der Waals surface area contributed by atoms with Crippen molar-refractivity contribution in [2.45, 2.75) is 0 Å². The first-order valence-corrected chi connectivity index (χ1v) is 3.87. The van der Waals surface area contributed by atoms with Crippen LogP contribution >= 0.6 is 0 Å². The minimum Gasteiger partial charge on any atom is -0.537 e. The highest BCUT2D eigenvalue weighted by Crippen LogP contribution is 2.23. The van der Waals surface area contributed by atoms with E-state index in [1.807, 2.05) is 18.2 Å². The summed E-state index contributed by atoms with van der Waals surface area (Å²) in [4.78, 5) is 3.99. The van der Waals surface area contributed by atoms with E-state index in [9.17, 15) is 0 Å². The van der Waals surface area contributed by atoms with Gasteiger partial charge in [-0.2, -0.15) is 0 Å². The average molecular weight is 172 g/mol. The molecule has 0 saturated carbocycles. The van der Waals surface area contributed by atoms with Crippen LogP contribution in [0.15, 0.2) is 36.7 Å². The maximum atomic E-state index is 8.52. The summed E-state index contributed by atoms with van der Waals surface area (Å²) in [7, 11) is 0.676. The Kier molecular flexibility index (Phi) is 2.14. The van der Waals surface area contributed by atoms with E-state index in [1.165, 1.54) is 0 Å². The van der Waals surface area contributed by atoms with Crippen molar-refractivity contribution in [3.63, 3.8) is 0 Å². The van der Waals surface area contributed by atoms with Gasteiger partial charge in [-0.3, -0.25) is 4.98 Å². The van der Waals surface area contributed by atoms with Crippen molar-refractivity contribution in [2.75, 3.05) is 0 Å². The molecule has 3 nitrogen and oxygen atoms in total. The number of rotatable bonds is 2. The topological polar surface area (TPSA) is 42.4 Å². The number of nitrogens with zero attached hydrogens (tertiary/aromatic N) is 1. The molecule has 1 aromatic carbocycles. The summed E-state index contributed by atoms with van der Waals surface area (Å²) in [6.07, 6.45) is 3.44. The van der Waals surface area contributed by atoms with Crippen molar-refractivity contribution in [3.8, 4) is 5.75 Å². The van der Waals surface area contributed by atoms with Gasteiger partial charge in [-0.15, -0.1) is 0 Å². The zero-order valence-electron chi connectivity index (χ0n) is 6.84. The lowest BCUT2D eigenvalue weighted by molar-refractivity contribution is 0.456. The molecule has 0 bridgehead atoms. The van der Waals surface area contributed by atoms with E-state index >= 15 is 0 Å². The van der Waals surface area contributed by atoms with Gasteiger partial charge in [0, 0.05) is 23.2 Å². The van der Waals surface area contributed by atoms with E-state index in [0.29, 0.717) is 13.4 Å². The van der Waals surface area contributed by atoms with Gasteiger partial charge in [0.15, 0.2) is 0 Å². The van der Waals surface area contributed by atoms with Crippen LogP contribution in [0.4, 0.5) is 0 Å². The van der Waals surface area contributed by atoms with E-state index in [-0.39, 0.29) is 0 Å². The third kappa shape index (κ3) is 1.48. The summed E-state index contributed by atoms with van der Waals surface area (Å²) in [5.41, 5.74) is 0. The lowest BCUT2D eigenvalue weighted by Gasteiger charge is -2.04. The Morgan fingerprint density at radius 2 is 2.23 bits per heavy atom. The van der Waals surface area contributed by atoms with Crippen LogP contribution in [-0.4, -0.2) is 17.7 Å². The van der Waals surface area contributed by atoms with Gasteiger partial charge < -0.3 is 9.68 Å². The molecule has 0 spiro atoms. The maximum absolute atomic E-state index is 8.52. The average Bonchev–Trinajstić information content (AvgIpc) is 2.19. The first kappa shape index (κ1) is 8.07. The number of hydrogen-bond acceptors (Lipinski definition) is 3. The Morgan fingerprint density at radius 3 is 3.08 bits per heavy atom. The highest BCUT2D eigenvalue weighted by atomic mass is 16.5. The van der Waals surface area contributed by atoms with Crippen molar-refractivity contribution in [1.29, 1.82) is 0 Å². The molecule has 1 radical (unpaired) electrons. The van der Waals surface area contributed by atoms with E-state index in [4.69, 9.17) is 9.68 Å². The zero-order chi connectivity index (χ0) is 9.10. The summed E-state index contributed by atoms with van der Waals surface area (Å²) in [6.45, 7) is 0. The molecule has 0 aliphatic rings. The monoisotopic (exact) mass is 172 g/mol. The normalized spacial score (nSPS) is 9.92. The lowest BCUT2D eigenvalue weighted by Crippen LogP contribution is -1.99. The molecular formula is C9H7BNO2. The molecule has 0 aliphatic carbocycles. The molecular weight excluding hydrogens is 165 g/mol. The fourth-order valence-electron chi connectivity index (χ4n) is 1.25. The van der Waals surface area contributed by atoms with Crippen LogP contribution < -0.4 is 4.65 Å². The number of hydrogen-bond donors (Lipinski definition) is 1. The molecule has 0 aliphatic heterocycles. The van der Waals surface area contributed by atoms with Crippen molar-refractivity contribution in [1.82, 2.24) is 4.98 Å². The van der Waals surface area contributed by atoms with Crippen molar-refractivity contribution < 1.29 is 9.68 Å². The van der Waals surface area contributed by atoms with Gasteiger partial charge in [0.2, 0.25) is 0 Å². The van der Waals surface area contributed by atoms with Crippen molar-refractivity contribution in [3.05, 3.63) is 36.7 Å². The summed E-state index contributed by atoms with van der Waals surface area (Å²) < 4.78 is 4.92. The molecule has 2 aromatic rings. The number of fused-ring (bicyclic) bond motifs is 1. The van der Waals surface area contributed by atoms with Crippen LogP contribution in [0.1, 0.15) is 0 Å². The standard InChI is InChI=1S/C9H7BNO2/c12-10-13-9-3-1-2-7-6-11-5-4-8(7)9/h1-6,12H. The second-order valence-electron chi connectivity index (χ2n) is 2.58. The Bertz CT molecular complexity index is 414. The van der Waals surface area contributed by atoms with Crippen molar-refractivity contribution in [2.24, 2.45) is 0 Å². The zero-order valence-corrected chi connectivity index (χ0v) is 6.84. The van der Waals surface area contributed by atoms with E-state index in [2.05, 4.69) is 4.98 Å². The molecule has 1 heterocycles. The fourth-order valence-corrected chi connectivity index (χ4v) is 1.25. The Balaban J connectivity index is 2.61. The first-order chi connectivity index (χ1) is 6.42. The lowest BCUT2D eigenvalue weighted by atomic mass is 10.1. The number of benzene rings is 1. The molecule has 0 fully saturated rings. The molecule has 1 N–H and O–H groups in total. The minimum atomic E-state index is 0.627. The molecule has 13 heavy (non-hydrogen) atoms. The van der Waals surface area contributed by atoms with Gasteiger partial charge in [-0.1, -0.05) is 12.1 Å². The van der Waals surface area contributed by atoms with Gasteiger partial charge in [-0.05, 0) is 12.1 Å². The number of aromatic nitrogens is 1. The van der Waals surface area contributed by atoms with Crippen LogP contribution in [0.5, 0.6) is 5.75 Å². The first-order valence-electron chi connectivity index (χ1n) is 3.87. The molecule has 0 saturated heterocycles. The van der Waals surface area contributed by atoms with Crippen LogP contribution in [0.2, 0.25) is 0 Å². The second-order valence-corrected chi connectivity index (χ2v) is 2.58. The molecule has 63 valence electrons. The molecule has 1 aromatic heterocycles.